The summed E-state index contributed by atoms with van der Waals surface area (Å²) >= 11 is 16.4. The van der Waals surface area contributed by atoms with Crippen LogP contribution in [-0.2, 0) is 0 Å². The molecule has 3 heteroatoms. The van der Waals surface area contributed by atoms with Crippen molar-refractivity contribution in [1.82, 2.24) is 0 Å². The number of allylic oxidation sites excluding steroid dienone is 2. The van der Waals surface area contributed by atoms with Gasteiger partial charge in [-0.15, -0.1) is 11.6 Å². The Morgan fingerprint density at radius 1 is 1.67 bits per heavy atom. The van der Waals surface area contributed by atoms with Gasteiger partial charge < -0.3 is 0 Å². The maximum atomic E-state index is 5.66. The zero-order valence-electron chi connectivity index (χ0n) is 4.78. The van der Waals surface area contributed by atoms with Crippen LogP contribution in [0.25, 0.3) is 0 Å². The molecule has 0 aromatic heterocycles. The van der Waals surface area contributed by atoms with Gasteiger partial charge in [0.1, 0.15) is 0 Å². The predicted octanol–water partition coefficient (Wildman–Crippen LogP) is 3.49. The lowest BCUT2D eigenvalue weighted by Crippen LogP contribution is -1.90. The minimum atomic E-state index is -0.132. The molecule has 9 heavy (non-hydrogen) atoms. The molecule has 0 heterocycles. The zero-order valence-corrected chi connectivity index (χ0v) is 7.05. The molecule has 0 fully saturated rings. The summed E-state index contributed by atoms with van der Waals surface area (Å²) in [6.07, 6.45) is 2.21. The van der Waals surface area contributed by atoms with E-state index in [2.05, 4.69) is 6.58 Å². The van der Waals surface area contributed by atoms with Gasteiger partial charge in [-0.3, -0.25) is 0 Å². The monoisotopic (exact) mass is 184 g/mol. The Kier molecular flexibility index (Phi) is 5.36. The van der Waals surface area contributed by atoms with Gasteiger partial charge in [0.2, 0.25) is 0 Å². The van der Waals surface area contributed by atoms with E-state index >= 15 is 0 Å². The molecule has 0 rings (SSSR count). The second-order valence-electron chi connectivity index (χ2n) is 1.56. The standard InChI is InChI=1S/C6H7Cl3/c1-5(8)4-6(9)2-3-7/h2-3,6H,1,4H2/b3-2+. The number of hydrogen-bond donors (Lipinski definition) is 0. The summed E-state index contributed by atoms with van der Waals surface area (Å²) in [5, 5.41) is 0.414. The molecular formula is C6H7Cl3. The Hall–Kier alpha value is 0.350. The molecule has 0 nitrogen and oxygen atoms in total. The molecule has 0 N–H and O–H groups in total. The van der Waals surface area contributed by atoms with E-state index in [1.165, 1.54) is 5.54 Å². The van der Waals surface area contributed by atoms with E-state index in [1.807, 2.05) is 0 Å². The van der Waals surface area contributed by atoms with Crippen LogP contribution >= 0.6 is 34.8 Å². The lowest BCUT2D eigenvalue weighted by Gasteiger charge is -1.98. The molecule has 0 saturated heterocycles. The van der Waals surface area contributed by atoms with Crippen molar-refractivity contribution in [3.63, 3.8) is 0 Å². The van der Waals surface area contributed by atoms with E-state index < -0.39 is 0 Å². The van der Waals surface area contributed by atoms with E-state index in [1.54, 1.807) is 6.08 Å². The fraction of sp³-hybridized carbons (Fsp3) is 0.333. The number of halogens is 3. The van der Waals surface area contributed by atoms with Gasteiger partial charge in [-0.25, -0.2) is 0 Å². The fourth-order valence-electron chi connectivity index (χ4n) is 0.359. The summed E-state index contributed by atoms with van der Waals surface area (Å²) in [7, 11) is 0. The normalized spacial score (nSPS) is 14.1. The second kappa shape index (κ2) is 5.16. The van der Waals surface area contributed by atoms with Crippen LogP contribution in [0.4, 0.5) is 0 Å². The van der Waals surface area contributed by atoms with Crippen molar-refractivity contribution in [1.29, 1.82) is 0 Å². The molecule has 0 aromatic carbocycles. The van der Waals surface area contributed by atoms with Crippen LogP contribution in [0.15, 0.2) is 23.2 Å². The molecule has 0 aliphatic heterocycles. The summed E-state index contributed by atoms with van der Waals surface area (Å²) in [5.41, 5.74) is 1.37. The Morgan fingerprint density at radius 2 is 2.22 bits per heavy atom. The van der Waals surface area contributed by atoms with Crippen LogP contribution < -0.4 is 0 Å². The van der Waals surface area contributed by atoms with Crippen molar-refractivity contribution in [2.45, 2.75) is 11.8 Å². The van der Waals surface area contributed by atoms with Gasteiger partial charge in [0.15, 0.2) is 0 Å². The summed E-state index contributed by atoms with van der Waals surface area (Å²) in [5.74, 6) is 0. The topological polar surface area (TPSA) is 0 Å². The predicted molar refractivity (Wildman–Crippen MR) is 44.2 cm³/mol. The molecule has 1 atom stereocenters. The average Bonchev–Trinajstić information content (AvgIpc) is 1.63. The molecule has 0 amide bonds. The maximum Gasteiger partial charge on any atom is 0.0576 e. The molecular weight excluding hydrogens is 178 g/mol. The van der Waals surface area contributed by atoms with Crippen molar-refractivity contribution in [3.8, 4) is 0 Å². The minimum Gasteiger partial charge on any atom is -0.118 e. The van der Waals surface area contributed by atoms with Gasteiger partial charge in [0.05, 0.1) is 5.38 Å². The van der Waals surface area contributed by atoms with Crippen molar-refractivity contribution in [2.24, 2.45) is 0 Å². The van der Waals surface area contributed by atoms with Crippen LogP contribution in [0.2, 0.25) is 0 Å². The highest BCUT2D eigenvalue weighted by Crippen LogP contribution is 2.13. The highest BCUT2D eigenvalue weighted by molar-refractivity contribution is 6.31. The fourth-order valence-corrected chi connectivity index (χ4v) is 1.11. The molecule has 0 spiro atoms. The number of rotatable bonds is 3. The first-order chi connectivity index (χ1) is 4.16. The van der Waals surface area contributed by atoms with Gasteiger partial charge in [0, 0.05) is 17.0 Å². The molecule has 0 radical (unpaired) electrons. The highest BCUT2D eigenvalue weighted by atomic mass is 35.5. The van der Waals surface area contributed by atoms with Gasteiger partial charge in [-0.1, -0.05) is 35.9 Å². The third-order valence-electron chi connectivity index (χ3n) is 0.698. The Bertz CT molecular complexity index is 117. The second-order valence-corrected chi connectivity index (χ2v) is 2.90. The Morgan fingerprint density at radius 3 is 2.56 bits per heavy atom. The molecule has 52 valence electrons. The SMILES string of the molecule is C=C(Cl)CC(Cl)/C=C/Cl. The average molecular weight is 185 g/mol. The number of hydrogen-bond acceptors (Lipinski definition) is 0. The van der Waals surface area contributed by atoms with Crippen LogP contribution in [-0.4, -0.2) is 5.38 Å². The molecule has 0 aromatic rings. The van der Waals surface area contributed by atoms with Gasteiger partial charge in [-0.2, -0.15) is 0 Å². The lowest BCUT2D eigenvalue weighted by molar-refractivity contribution is 1.05. The molecule has 0 saturated carbocycles. The van der Waals surface area contributed by atoms with E-state index in [0.29, 0.717) is 11.5 Å². The summed E-state index contributed by atoms with van der Waals surface area (Å²) < 4.78 is 0. The Balaban J connectivity index is 3.50. The van der Waals surface area contributed by atoms with Crippen LogP contribution in [0, 0.1) is 0 Å². The summed E-state index contributed by atoms with van der Waals surface area (Å²) in [4.78, 5) is 0. The summed E-state index contributed by atoms with van der Waals surface area (Å²) in [6, 6.07) is 0. The first-order valence-corrected chi connectivity index (χ1v) is 3.66. The first kappa shape index (κ1) is 9.35. The Labute approximate surface area is 70.1 Å². The molecule has 0 aliphatic rings. The van der Waals surface area contributed by atoms with E-state index in [9.17, 15) is 0 Å². The molecule has 1 unspecified atom stereocenters. The van der Waals surface area contributed by atoms with Crippen molar-refractivity contribution in [2.75, 3.05) is 0 Å². The van der Waals surface area contributed by atoms with E-state index in [-0.39, 0.29) is 5.38 Å². The van der Waals surface area contributed by atoms with Crippen LogP contribution in [0.5, 0.6) is 0 Å². The van der Waals surface area contributed by atoms with Crippen molar-refractivity contribution >= 4 is 34.8 Å². The lowest BCUT2D eigenvalue weighted by atomic mass is 10.3. The zero-order chi connectivity index (χ0) is 7.28. The van der Waals surface area contributed by atoms with Gasteiger partial charge in [-0.05, 0) is 0 Å². The van der Waals surface area contributed by atoms with Gasteiger partial charge in [0.25, 0.3) is 0 Å². The van der Waals surface area contributed by atoms with Crippen LogP contribution in [0.1, 0.15) is 6.42 Å². The maximum absolute atomic E-state index is 5.66. The third kappa shape index (κ3) is 6.23. The first-order valence-electron chi connectivity index (χ1n) is 2.41. The van der Waals surface area contributed by atoms with E-state index in [0.717, 1.165) is 0 Å². The third-order valence-corrected chi connectivity index (χ3v) is 1.30. The minimum absolute atomic E-state index is 0.132. The van der Waals surface area contributed by atoms with Gasteiger partial charge >= 0.3 is 0 Å². The largest absolute Gasteiger partial charge is 0.118 e. The molecule has 0 aliphatic carbocycles. The summed E-state index contributed by atoms with van der Waals surface area (Å²) in [6.45, 7) is 3.48. The molecule has 0 bridgehead atoms. The quantitative estimate of drug-likeness (QED) is 0.591. The number of alkyl halides is 1. The highest BCUT2D eigenvalue weighted by Gasteiger charge is 1.98. The van der Waals surface area contributed by atoms with E-state index in [4.69, 9.17) is 34.8 Å². The van der Waals surface area contributed by atoms with Crippen molar-refractivity contribution in [3.05, 3.63) is 23.2 Å². The van der Waals surface area contributed by atoms with Crippen LogP contribution in [0.3, 0.4) is 0 Å². The smallest absolute Gasteiger partial charge is 0.0576 e. The van der Waals surface area contributed by atoms with Crippen molar-refractivity contribution < 1.29 is 0 Å².